The summed E-state index contributed by atoms with van der Waals surface area (Å²) in [4.78, 5) is 24.4. The Morgan fingerprint density at radius 3 is 2.35 bits per heavy atom. The number of carbonyl (C=O) groups excluding carboxylic acids is 1. The minimum absolute atomic E-state index is 0.173. The fourth-order valence-corrected chi connectivity index (χ4v) is 3.15. The van der Waals surface area contributed by atoms with Crippen molar-refractivity contribution in [2.45, 2.75) is 50.2 Å². The summed E-state index contributed by atoms with van der Waals surface area (Å²) in [6.07, 6.45) is 3.08. The van der Waals surface area contributed by atoms with Gasteiger partial charge in [0.05, 0.1) is 12.0 Å². The molecule has 1 fully saturated rings. The van der Waals surface area contributed by atoms with E-state index in [0.717, 1.165) is 19.3 Å². The fourth-order valence-electron chi connectivity index (χ4n) is 3.03. The first-order valence-corrected chi connectivity index (χ1v) is 8.11. The summed E-state index contributed by atoms with van der Waals surface area (Å²) in [5.41, 5.74) is -1.40. The molecule has 0 heterocycles. The third kappa shape index (κ3) is 3.51. The number of methoxy groups -OCH3 is 1. The van der Waals surface area contributed by atoms with E-state index in [1.165, 1.54) is 0 Å². The van der Waals surface area contributed by atoms with Crippen molar-refractivity contribution >= 4 is 23.5 Å². The van der Waals surface area contributed by atoms with Crippen molar-refractivity contribution < 1.29 is 19.4 Å². The van der Waals surface area contributed by atoms with Crippen molar-refractivity contribution in [2.24, 2.45) is 0 Å². The van der Waals surface area contributed by atoms with Crippen LogP contribution in [-0.2, 0) is 19.9 Å². The molecule has 0 aliphatic heterocycles. The molecule has 1 saturated carbocycles. The lowest BCUT2D eigenvalue weighted by atomic mass is 9.77. The first kappa shape index (κ1) is 17.8. The van der Waals surface area contributed by atoms with Crippen LogP contribution in [0.4, 0.5) is 0 Å². The molecule has 23 heavy (non-hydrogen) atoms. The Balaban J connectivity index is 2.23. The van der Waals surface area contributed by atoms with Crippen LogP contribution in [0, 0.1) is 0 Å². The molecule has 1 aromatic rings. The number of hydrogen-bond donors (Lipinski definition) is 2. The van der Waals surface area contributed by atoms with Crippen LogP contribution < -0.4 is 5.32 Å². The molecule has 1 atom stereocenters. The molecule has 1 amide bonds. The number of halogens is 1. The molecule has 1 aliphatic carbocycles. The predicted molar refractivity (Wildman–Crippen MR) is 87.4 cm³/mol. The normalized spacial score (nSPS) is 18.6. The average Bonchev–Trinajstić information content (AvgIpc) is 2.49. The van der Waals surface area contributed by atoms with Gasteiger partial charge in [-0.25, -0.2) is 4.79 Å². The summed E-state index contributed by atoms with van der Waals surface area (Å²) < 4.78 is 5.45. The Morgan fingerprint density at radius 2 is 1.96 bits per heavy atom. The average molecular weight is 340 g/mol. The Labute approximate surface area is 141 Å². The Hall–Kier alpha value is -1.59. The van der Waals surface area contributed by atoms with Crippen LogP contribution in [0.15, 0.2) is 24.3 Å². The Bertz CT molecular complexity index is 577. The number of carbonyl (C=O) groups is 2. The lowest BCUT2D eigenvalue weighted by Crippen LogP contribution is -2.54. The molecule has 126 valence electrons. The van der Waals surface area contributed by atoms with Crippen LogP contribution in [-0.4, -0.2) is 29.7 Å². The van der Waals surface area contributed by atoms with Gasteiger partial charge in [0.2, 0.25) is 5.91 Å². The number of rotatable bonds is 7. The van der Waals surface area contributed by atoms with Gasteiger partial charge in [-0.3, -0.25) is 4.79 Å². The third-order valence-electron chi connectivity index (χ3n) is 4.77. The van der Waals surface area contributed by atoms with E-state index in [4.69, 9.17) is 16.3 Å². The second-order valence-electron chi connectivity index (χ2n) is 6.04. The molecule has 1 aromatic carbocycles. The van der Waals surface area contributed by atoms with Crippen LogP contribution in [0.25, 0.3) is 0 Å². The van der Waals surface area contributed by atoms with Gasteiger partial charge >= 0.3 is 5.97 Å². The molecule has 0 bridgehead atoms. The number of carboxylic acids is 1. The Morgan fingerprint density at radius 1 is 1.35 bits per heavy atom. The molecule has 6 heteroatoms. The van der Waals surface area contributed by atoms with Gasteiger partial charge in [0.15, 0.2) is 5.54 Å². The number of nitrogens with one attached hydrogen (secondary N) is 1. The summed E-state index contributed by atoms with van der Waals surface area (Å²) in [6.45, 7) is 1.73. The smallest absolute Gasteiger partial charge is 0.334 e. The van der Waals surface area contributed by atoms with Crippen LogP contribution in [0.2, 0.25) is 5.02 Å². The molecular formula is C17H22ClNO4. The zero-order chi connectivity index (χ0) is 17.1. The highest BCUT2D eigenvalue weighted by atomic mass is 35.5. The summed E-state index contributed by atoms with van der Waals surface area (Å²) in [5.74, 6) is -1.40. The summed E-state index contributed by atoms with van der Waals surface area (Å²) in [7, 11) is 1.59. The molecule has 0 aromatic heterocycles. The van der Waals surface area contributed by atoms with Gasteiger partial charge in [-0.05, 0) is 43.4 Å². The van der Waals surface area contributed by atoms with Crippen molar-refractivity contribution in [1.82, 2.24) is 5.32 Å². The molecule has 1 unspecified atom stereocenters. The molecule has 0 radical (unpaired) electrons. The minimum Gasteiger partial charge on any atom is -0.479 e. The van der Waals surface area contributed by atoms with E-state index in [0.29, 0.717) is 10.6 Å². The first-order chi connectivity index (χ1) is 10.9. The summed E-state index contributed by atoms with van der Waals surface area (Å²) in [6, 6.07) is 6.52. The van der Waals surface area contributed by atoms with Crippen molar-refractivity contribution in [3.8, 4) is 0 Å². The predicted octanol–water partition coefficient (Wildman–Crippen LogP) is 3.11. The maximum absolute atomic E-state index is 12.4. The van der Waals surface area contributed by atoms with Gasteiger partial charge in [0, 0.05) is 12.1 Å². The number of ether oxygens (including phenoxy) is 1. The molecule has 1 aliphatic rings. The van der Waals surface area contributed by atoms with E-state index >= 15 is 0 Å². The monoisotopic (exact) mass is 339 g/mol. The lowest BCUT2D eigenvalue weighted by molar-refractivity contribution is -0.151. The number of benzene rings is 1. The summed E-state index contributed by atoms with van der Waals surface area (Å²) in [5, 5.41) is 13.0. The first-order valence-electron chi connectivity index (χ1n) is 7.73. The maximum atomic E-state index is 12.4. The number of hydrogen-bond acceptors (Lipinski definition) is 3. The SMILES string of the molecule is CCC(NC(=O)CC1(OC)CCC1)(C(=O)O)c1ccc(Cl)cc1. The van der Waals surface area contributed by atoms with E-state index in [9.17, 15) is 14.7 Å². The lowest BCUT2D eigenvalue weighted by Gasteiger charge is -2.41. The highest BCUT2D eigenvalue weighted by molar-refractivity contribution is 6.30. The van der Waals surface area contributed by atoms with E-state index in [-0.39, 0.29) is 18.7 Å². The number of aliphatic carboxylic acids is 1. The summed E-state index contributed by atoms with van der Waals surface area (Å²) >= 11 is 5.87. The second kappa shape index (κ2) is 6.89. The van der Waals surface area contributed by atoms with Gasteiger partial charge < -0.3 is 15.2 Å². The van der Waals surface area contributed by atoms with Crippen molar-refractivity contribution in [2.75, 3.05) is 7.11 Å². The maximum Gasteiger partial charge on any atom is 0.334 e. The minimum atomic E-state index is -1.46. The second-order valence-corrected chi connectivity index (χ2v) is 6.47. The molecule has 5 nitrogen and oxygen atoms in total. The zero-order valence-corrected chi connectivity index (χ0v) is 14.2. The quantitative estimate of drug-likeness (QED) is 0.800. The van der Waals surface area contributed by atoms with Gasteiger partial charge in [-0.15, -0.1) is 0 Å². The highest BCUT2D eigenvalue weighted by Crippen LogP contribution is 2.38. The van der Waals surface area contributed by atoms with Gasteiger partial charge in [0.1, 0.15) is 0 Å². The van der Waals surface area contributed by atoms with Gasteiger partial charge in [0.25, 0.3) is 0 Å². The highest BCUT2D eigenvalue weighted by Gasteiger charge is 2.44. The van der Waals surface area contributed by atoms with Crippen LogP contribution in [0.1, 0.15) is 44.6 Å². The van der Waals surface area contributed by atoms with E-state index in [1.807, 2.05) is 0 Å². The van der Waals surface area contributed by atoms with Gasteiger partial charge in [-0.2, -0.15) is 0 Å². The molecule has 0 saturated heterocycles. The van der Waals surface area contributed by atoms with Crippen molar-refractivity contribution in [3.05, 3.63) is 34.9 Å². The third-order valence-corrected chi connectivity index (χ3v) is 5.02. The fraction of sp³-hybridized carbons (Fsp3) is 0.529. The van der Waals surface area contributed by atoms with Crippen LogP contribution >= 0.6 is 11.6 Å². The molecule has 0 spiro atoms. The largest absolute Gasteiger partial charge is 0.479 e. The van der Waals surface area contributed by atoms with Crippen molar-refractivity contribution in [3.63, 3.8) is 0 Å². The van der Waals surface area contributed by atoms with Gasteiger partial charge in [-0.1, -0.05) is 30.7 Å². The topological polar surface area (TPSA) is 75.6 Å². The van der Waals surface area contributed by atoms with E-state index in [2.05, 4.69) is 5.32 Å². The van der Waals surface area contributed by atoms with Crippen LogP contribution in [0.5, 0.6) is 0 Å². The molecule has 2 N–H and O–H groups in total. The van der Waals surface area contributed by atoms with Crippen LogP contribution in [0.3, 0.4) is 0 Å². The molecule has 2 rings (SSSR count). The van der Waals surface area contributed by atoms with E-state index < -0.39 is 17.1 Å². The van der Waals surface area contributed by atoms with Crippen molar-refractivity contribution in [1.29, 1.82) is 0 Å². The Kier molecular flexibility index (Phi) is 5.32. The van der Waals surface area contributed by atoms with E-state index in [1.54, 1.807) is 38.3 Å². The zero-order valence-electron chi connectivity index (χ0n) is 13.4. The number of amides is 1. The standard InChI is InChI=1S/C17H22ClNO4/c1-3-17(15(21)22,12-5-7-13(18)8-6-12)19-14(20)11-16(23-2)9-4-10-16/h5-8H,3-4,9-11H2,1-2H3,(H,19,20)(H,21,22). The molecular weight excluding hydrogens is 318 g/mol. The number of carboxylic acid groups (broad SMARTS) is 1.